The molecule has 1 aliphatic heterocycles. The molecule has 2 aromatic carbocycles. The lowest BCUT2D eigenvalue weighted by Gasteiger charge is -2.25. The van der Waals surface area contributed by atoms with Crippen LogP contribution in [0, 0.1) is 0 Å². The number of Topliss-reactive ketones (excluding diaryl/α,β-unsaturated/α-hetero) is 1. The minimum absolute atomic E-state index is 0.194. The van der Waals surface area contributed by atoms with Gasteiger partial charge >= 0.3 is 0 Å². The molecule has 0 bridgehead atoms. The fourth-order valence-corrected chi connectivity index (χ4v) is 3.55. The Hall–Kier alpha value is -2.76. The second-order valence-electron chi connectivity index (χ2n) is 6.76. The number of aromatic nitrogens is 1. The Morgan fingerprint density at radius 1 is 1.11 bits per heavy atom. The zero-order valence-corrected chi connectivity index (χ0v) is 15.0. The van der Waals surface area contributed by atoms with E-state index in [1.807, 2.05) is 36.5 Å². The largest absolute Gasteiger partial charge is 0.490 e. The number of nitrogens with zero attached hydrogens (tertiary/aromatic N) is 1. The lowest BCUT2D eigenvalue weighted by atomic mass is 9.96. The van der Waals surface area contributed by atoms with Gasteiger partial charge < -0.3 is 15.2 Å². The van der Waals surface area contributed by atoms with Crippen molar-refractivity contribution < 1.29 is 14.6 Å². The summed E-state index contributed by atoms with van der Waals surface area (Å²) >= 11 is 0. The number of hydrogen-bond acceptors (Lipinski definition) is 5. The number of carbonyl (C=O) groups excluding carboxylic acids is 1. The maximum absolute atomic E-state index is 11.7. The lowest BCUT2D eigenvalue weighted by molar-refractivity contribution is 0.0904. The molecule has 4 rings (SSSR count). The van der Waals surface area contributed by atoms with Gasteiger partial charge in [0.1, 0.15) is 18.5 Å². The molecular formula is C22H22N2O3. The van der Waals surface area contributed by atoms with E-state index in [4.69, 9.17) is 9.84 Å². The fraction of sp³-hybridized carbons (Fsp3) is 0.273. The highest BCUT2D eigenvalue weighted by molar-refractivity contribution is 6.01. The Kier molecular flexibility index (Phi) is 5.14. The fourth-order valence-electron chi connectivity index (χ4n) is 3.55. The maximum atomic E-state index is 11.7. The number of aliphatic hydroxyl groups is 1. The molecule has 0 aliphatic carbocycles. The molecule has 1 aliphatic rings. The molecule has 1 aromatic heterocycles. The van der Waals surface area contributed by atoms with Crippen molar-refractivity contribution >= 4 is 16.6 Å². The standard InChI is InChI=1S/C22H22N2O3/c25-14-20(26)15-1-3-16(4-2-15)22-19-9-12-24-13-17(19)5-6-21(22)27-18-7-10-23-11-8-18/h1-6,9,12-13,18,23,25H,7-8,10-11,14H2. The van der Waals surface area contributed by atoms with Crippen molar-refractivity contribution in [2.45, 2.75) is 18.9 Å². The van der Waals surface area contributed by atoms with Crippen LogP contribution in [0.1, 0.15) is 23.2 Å². The van der Waals surface area contributed by atoms with E-state index in [-0.39, 0.29) is 11.9 Å². The maximum Gasteiger partial charge on any atom is 0.188 e. The van der Waals surface area contributed by atoms with Crippen molar-refractivity contribution in [3.05, 3.63) is 60.4 Å². The highest BCUT2D eigenvalue weighted by Gasteiger charge is 2.18. The van der Waals surface area contributed by atoms with Crippen molar-refractivity contribution in [2.75, 3.05) is 19.7 Å². The number of pyridine rings is 1. The molecule has 5 nitrogen and oxygen atoms in total. The lowest BCUT2D eigenvalue weighted by Crippen LogP contribution is -2.34. The SMILES string of the molecule is O=C(CO)c1ccc(-c2c(OC3CCNCC3)ccc3cnccc23)cc1. The molecule has 0 radical (unpaired) electrons. The number of carbonyl (C=O) groups is 1. The van der Waals surface area contributed by atoms with E-state index in [1.165, 1.54) is 0 Å². The Labute approximate surface area is 158 Å². The number of rotatable bonds is 5. The molecule has 2 N–H and O–H groups in total. The van der Waals surface area contributed by atoms with Crippen LogP contribution in [0.5, 0.6) is 5.75 Å². The van der Waals surface area contributed by atoms with Crippen LogP contribution in [0.3, 0.4) is 0 Å². The molecule has 27 heavy (non-hydrogen) atoms. The van der Waals surface area contributed by atoms with Gasteiger partial charge in [-0.15, -0.1) is 0 Å². The van der Waals surface area contributed by atoms with Gasteiger partial charge in [0.2, 0.25) is 0 Å². The van der Waals surface area contributed by atoms with Crippen molar-refractivity contribution in [1.29, 1.82) is 0 Å². The number of aliphatic hydroxyl groups excluding tert-OH is 1. The van der Waals surface area contributed by atoms with Gasteiger partial charge in [0.15, 0.2) is 5.78 Å². The van der Waals surface area contributed by atoms with Gasteiger partial charge in [0.05, 0.1) is 0 Å². The van der Waals surface area contributed by atoms with E-state index in [9.17, 15) is 4.79 Å². The van der Waals surface area contributed by atoms with Crippen LogP contribution in [0.15, 0.2) is 54.9 Å². The Morgan fingerprint density at radius 3 is 2.63 bits per heavy atom. The van der Waals surface area contributed by atoms with Crippen molar-refractivity contribution in [3.63, 3.8) is 0 Å². The van der Waals surface area contributed by atoms with Gasteiger partial charge in [0, 0.05) is 28.9 Å². The Bertz CT molecular complexity index is 947. The third-order valence-corrected chi connectivity index (χ3v) is 5.00. The predicted molar refractivity (Wildman–Crippen MR) is 105 cm³/mol. The summed E-state index contributed by atoms with van der Waals surface area (Å²) in [6.45, 7) is 1.45. The molecule has 3 aromatic rings. The average molecular weight is 362 g/mol. The summed E-state index contributed by atoms with van der Waals surface area (Å²) in [6, 6.07) is 13.4. The summed E-state index contributed by atoms with van der Waals surface area (Å²) in [5.74, 6) is 0.566. The summed E-state index contributed by atoms with van der Waals surface area (Å²) in [4.78, 5) is 15.9. The predicted octanol–water partition coefficient (Wildman–Crippen LogP) is 3.21. The van der Waals surface area contributed by atoms with Gasteiger partial charge in [-0.3, -0.25) is 9.78 Å². The zero-order chi connectivity index (χ0) is 18.6. The van der Waals surface area contributed by atoms with Gasteiger partial charge in [-0.2, -0.15) is 0 Å². The first-order valence-electron chi connectivity index (χ1n) is 9.25. The van der Waals surface area contributed by atoms with Crippen LogP contribution >= 0.6 is 0 Å². The third-order valence-electron chi connectivity index (χ3n) is 5.00. The first-order valence-corrected chi connectivity index (χ1v) is 9.25. The van der Waals surface area contributed by atoms with Gasteiger partial charge in [-0.1, -0.05) is 24.3 Å². The normalized spacial score (nSPS) is 15.0. The van der Waals surface area contributed by atoms with Gasteiger partial charge in [-0.25, -0.2) is 0 Å². The molecule has 0 saturated carbocycles. The molecular weight excluding hydrogens is 340 g/mol. The number of benzene rings is 2. The van der Waals surface area contributed by atoms with E-state index < -0.39 is 6.61 Å². The second-order valence-corrected chi connectivity index (χ2v) is 6.76. The zero-order valence-electron chi connectivity index (χ0n) is 15.0. The summed E-state index contributed by atoms with van der Waals surface area (Å²) in [7, 11) is 0. The average Bonchev–Trinajstić information content (AvgIpc) is 2.74. The molecule has 0 unspecified atom stereocenters. The quantitative estimate of drug-likeness (QED) is 0.682. The number of piperidine rings is 1. The van der Waals surface area contributed by atoms with E-state index in [0.29, 0.717) is 5.56 Å². The summed E-state index contributed by atoms with van der Waals surface area (Å²) in [5.41, 5.74) is 2.49. The smallest absolute Gasteiger partial charge is 0.188 e. The van der Waals surface area contributed by atoms with Crippen molar-refractivity contribution in [3.8, 4) is 16.9 Å². The van der Waals surface area contributed by atoms with Crippen LogP contribution in [0.25, 0.3) is 21.9 Å². The first-order chi connectivity index (χ1) is 13.3. The van der Waals surface area contributed by atoms with Crippen LogP contribution in [-0.2, 0) is 0 Å². The number of hydrogen-bond donors (Lipinski definition) is 2. The minimum Gasteiger partial charge on any atom is -0.490 e. The van der Waals surface area contributed by atoms with Crippen LogP contribution < -0.4 is 10.1 Å². The first kappa shape index (κ1) is 17.6. The van der Waals surface area contributed by atoms with Crippen molar-refractivity contribution in [2.24, 2.45) is 0 Å². The van der Waals surface area contributed by atoms with Gasteiger partial charge in [0.25, 0.3) is 0 Å². The summed E-state index contributed by atoms with van der Waals surface area (Å²) in [6.07, 6.45) is 5.79. The highest BCUT2D eigenvalue weighted by Crippen LogP contribution is 2.38. The molecule has 1 saturated heterocycles. The molecule has 138 valence electrons. The van der Waals surface area contributed by atoms with E-state index >= 15 is 0 Å². The van der Waals surface area contributed by atoms with Gasteiger partial charge in [-0.05, 0) is 55.1 Å². The number of ketones is 1. The summed E-state index contributed by atoms with van der Waals surface area (Å²) < 4.78 is 6.38. The number of ether oxygens (including phenoxy) is 1. The number of nitrogens with one attached hydrogen (secondary N) is 1. The Balaban J connectivity index is 1.78. The molecule has 0 spiro atoms. The van der Waals surface area contributed by atoms with E-state index in [2.05, 4.69) is 10.3 Å². The third kappa shape index (κ3) is 3.70. The minimum atomic E-state index is -0.483. The monoisotopic (exact) mass is 362 g/mol. The van der Waals surface area contributed by atoms with E-state index in [0.717, 1.165) is 53.6 Å². The molecule has 0 atom stereocenters. The molecule has 5 heteroatoms. The van der Waals surface area contributed by atoms with Crippen LogP contribution in [0.4, 0.5) is 0 Å². The Morgan fingerprint density at radius 2 is 1.89 bits per heavy atom. The van der Waals surface area contributed by atoms with Crippen LogP contribution in [0.2, 0.25) is 0 Å². The van der Waals surface area contributed by atoms with Crippen molar-refractivity contribution in [1.82, 2.24) is 10.3 Å². The summed E-state index contributed by atoms with van der Waals surface area (Å²) in [5, 5.41) is 14.5. The topological polar surface area (TPSA) is 71.5 Å². The van der Waals surface area contributed by atoms with Crippen LogP contribution in [-0.4, -0.2) is 41.7 Å². The number of fused-ring (bicyclic) bond motifs is 1. The molecule has 2 heterocycles. The van der Waals surface area contributed by atoms with E-state index in [1.54, 1.807) is 18.3 Å². The highest BCUT2D eigenvalue weighted by atomic mass is 16.5. The molecule has 0 amide bonds. The second kappa shape index (κ2) is 7.86. The molecule has 1 fully saturated rings.